The molecule has 0 aliphatic heterocycles. The van der Waals surface area contributed by atoms with Crippen molar-refractivity contribution in [3.05, 3.63) is 42.7 Å². The summed E-state index contributed by atoms with van der Waals surface area (Å²) in [6, 6.07) is 12.7. The number of nitrogens with zero attached hydrogens (tertiary/aromatic N) is 3. The van der Waals surface area contributed by atoms with Gasteiger partial charge in [-0.05, 0) is 25.3 Å². The molecule has 1 aromatic carbocycles. The van der Waals surface area contributed by atoms with Gasteiger partial charge in [-0.25, -0.2) is 4.98 Å². The molecule has 1 aliphatic rings. The van der Waals surface area contributed by atoms with Crippen LogP contribution in [0.5, 0.6) is 0 Å². The molecule has 108 valence electrons. The second kappa shape index (κ2) is 5.71. The van der Waals surface area contributed by atoms with Crippen LogP contribution in [0.3, 0.4) is 0 Å². The Morgan fingerprint density at radius 1 is 1.38 bits per heavy atom. The summed E-state index contributed by atoms with van der Waals surface area (Å²) in [6.45, 7) is 3.51. The number of likely N-dealkylation sites (N-methyl/N-ethyl adjacent to an activating group) is 1. The number of hydrogen-bond donors (Lipinski definition) is 1. The first-order chi connectivity index (χ1) is 10.3. The van der Waals surface area contributed by atoms with E-state index in [0.29, 0.717) is 12.5 Å². The van der Waals surface area contributed by atoms with Crippen molar-refractivity contribution in [3.63, 3.8) is 0 Å². The van der Waals surface area contributed by atoms with Crippen LogP contribution in [0.2, 0.25) is 0 Å². The molecule has 1 saturated carbocycles. The van der Waals surface area contributed by atoms with Gasteiger partial charge in [0.05, 0.1) is 12.6 Å². The smallest absolute Gasteiger partial charge is 0.139 e. The van der Waals surface area contributed by atoms with Crippen molar-refractivity contribution in [1.29, 1.82) is 5.26 Å². The molecular formula is C17H20N4. The summed E-state index contributed by atoms with van der Waals surface area (Å²) in [7, 11) is 0. The van der Waals surface area contributed by atoms with Gasteiger partial charge >= 0.3 is 0 Å². The monoisotopic (exact) mass is 280 g/mol. The topological polar surface area (TPSA) is 53.6 Å². The highest BCUT2D eigenvalue weighted by Crippen LogP contribution is 2.40. The Kier molecular flexibility index (Phi) is 3.76. The second-order valence-corrected chi connectivity index (χ2v) is 5.63. The lowest BCUT2D eigenvalue weighted by atomic mass is 9.94. The molecule has 0 radical (unpaired) electrons. The molecule has 1 heterocycles. The fourth-order valence-corrected chi connectivity index (χ4v) is 2.94. The summed E-state index contributed by atoms with van der Waals surface area (Å²) in [6.07, 6.45) is 6.04. The first-order valence-corrected chi connectivity index (χ1v) is 7.52. The maximum Gasteiger partial charge on any atom is 0.139 e. The van der Waals surface area contributed by atoms with Crippen LogP contribution in [0.15, 0.2) is 42.7 Å². The predicted octanol–water partition coefficient (Wildman–Crippen LogP) is 2.83. The van der Waals surface area contributed by atoms with E-state index in [1.165, 1.54) is 0 Å². The molecule has 1 aromatic heterocycles. The average Bonchev–Trinajstić information content (AvgIpc) is 3.28. The summed E-state index contributed by atoms with van der Waals surface area (Å²) >= 11 is 0. The third-order valence-electron chi connectivity index (χ3n) is 4.13. The fraction of sp³-hybridized carbons (Fsp3) is 0.412. The van der Waals surface area contributed by atoms with Gasteiger partial charge in [0.15, 0.2) is 0 Å². The zero-order valence-electron chi connectivity index (χ0n) is 12.3. The molecule has 4 heteroatoms. The molecule has 2 aromatic rings. The van der Waals surface area contributed by atoms with Gasteiger partial charge < -0.3 is 4.57 Å². The van der Waals surface area contributed by atoms with E-state index in [1.54, 1.807) is 0 Å². The van der Waals surface area contributed by atoms with Crippen molar-refractivity contribution in [2.24, 2.45) is 5.92 Å². The number of rotatable bonds is 6. The lowest BCUT2D eigenvalue weighted by Crippen LogP contribution is -2.49. The van der Waals surface area contributed by atoms with E-state index in [4.69, 9.17) is 0 Å². The van der Waals surface area contributed by atoms with Crippen molar-refractivity contribution < 1.29 is 0 Å². The van der Waals surface area contributed by atoms with E-state index >= 15 is 0 Å². The molecule has 1 unspecified atom stereocenters. The predicted molar refractivity (Wildman–Crippen MR) is 82.4 cm³/mol. The van der Waals surface area contributed by atoms with E-state index in [2.05, 4.69) is 40.0 Å². The summed E-state index contributed by atoms with van der Waals surface area (Å²) in [5.74, 6) is 1.38. The van der Waals surface area contributed by atoms with Gasteiger partial charge in [0.2, 0.25) is 0 Å². The molecule has 21 heavy (non-hydrogen) atoms. The lowest BCUT2D eigenvalue weighted by Gasteiger charge is -2.28. The molecule has 3 rings (SSSR count). The quantitative estimate of drug-likeness (QED) is 0.885. The van der Waals surface area contributed by atoms with Gasteiger partial charge in [0, 0.05) is 18.0 Å². The normalized spacial score (nSPS) is 17.1. The molecule has 4 nitrogen and oxygen atoms in total. The van der Waals surface area contributed by atoms with Crippen molar-refractivity contribution in [3.8, 4) is 17.5 Å². The number of benzene rings is 1. The first kappa shape index (κ1) is 13.8. The van der Waals surface area contributed by atoms with E-state index in [0.717, 1.165) is 30.8 Å². The summed E-state index contributed by atoms with van der Waals surface area (Å²) in [5.41, 5.74) is 0.612. The SMILES string of the molecule is CCNC(C#N)(Cn1ccnc1-c1ccccc1)C1CC1. The Bertz CT molecular complexity index is 636. The number of imidazole rings is 1. The van der Waals surface area contributed by atoms with Gasteiger partial charge in [0.25, 0.3) is 0 Å². The minimum absolute atomic E-state index is 0.452. The standard InChI is InChI=1S/C17H20N4/c1-2-20-17(12-18,15-8-9-15)13-21-11-10-19-16(21)14-6-4-3-5-7-14/h3-7,10-11,15,20H,2,8-9,13H2,1H3. The van der Waals surface area contributed by atoms with Gasteiger partial charge in [-0.1, -0.05) is 37.3 Å². The minimum Gasteiger partial charge on any atom is -0.328 e. The molecule has 0 spiro atoms. The average molecular weight is 280 g/mol. The molecule has 0 amide bonds. The minimum atomic E-state index is -0.473. The van der Waals surface area contributed by atoms with Crippen molar-refractivity contribution in [1.82, 2.24) is 14.9 Å². The van der Waals surface area contributed by atoms with E-state index in [9.17, 15) is 5.26 Å². The Labute approximate surface area is 125 Å². The van der Waals surface area contributed by atoms with E-state index in [1.807, 2.05) is 30.6 Å². The number of nitriles is 1. The number of nitrogens with one attached hydrogen (secondary N) is 1. The van der Waals surface area contributed by atoms with Gasteiger partial charge in [0.1, 0.15) is 11.4 Å². The van der Waals surface area contributed by atoms with Crippen LogP contribution in [0.1, 0.15) is 19.8 Å². The summed E-state index contributed by atoms with van der Waals surface area (Å²) in [4.78, 5) is 4.47. The zero-order chi connectivity index (χ0) is 14.7. The summed E-state index contributed by atoms with van der Waals surface area (Å²) < 4.78 is 2.10. The third kappa shape index (κ3) is 2.70. The van der Waals surface area contributed by atoms with Crippen molar-refractivity contribution in [2.45, 2.75) is 31.8 Å². The van der Waals surface area contributed by atoms with Crippen LogP contribution in [-0.4, -0.2) is 21.6 Å². The van der Waals surface area contributed by atoms with Crippen LogP contribution in [0.25, 0.3) is 11.4 Å². The largest absolute Gasteiger partial charge is 0.328 e. The van der Waals surface area contributed by atoms with Crippen molar-refractivity contribution in [2.75, 3.05) is 6.54 Å². The molecule has 1 fully saturated rings. The van der Waals surface area contributed by atoms with Crippen LogP contribution < -0.4 is 5.32 Å². The number of aromatic nitrogens is 2. The van der Waals surface area contributed by atoms with Crippen LogP contribution in [0, 0.1) is 17.2 Å². The van der Waals surface area contributed by atoms with Crippen molar-refractivity contribution >= 4 is 0 Å². The van der Waals surface area contributed by atoms with E-state index < -0.39 is 5.54 Å². The fourth-order valence-electron chi connectivity index (χ4n) is 2.94. The molecular weight excluding hydrogens is 260 g/mol. The summed E-state index contributed by atoms with van der Waals surface area (Å²) in [5, 5.41) is 13.1. The van der Waals surface area contributed by atoms with Gasteiger partial charge in [-0.15, -0.1) is 0 Å². The zero-order valence-corrected chi connectivity index (χ0v) is 12.3. The maximum atomic E-state index is 9.73. The molecule has 1 atom stereocenters. The highest BCUT2D eigenvalue weighted by atomic mass is 15.1. The van der Waals surface area contributed by atoms with Crippen LogP contribution >= 0.6 is 0 Å². The maximum absolute atomic E-state index is 9.73. The Morgan fingerprint density at radius 3 is 2.76 bits per heavy atom. The van der Waals surface area contributed by atoms with Crippen LogP contribution in [0.4, 0.5) is 0 Å². The molecule has 1 aliphatic carbocycles. The highest BCUT2D eigenvalue weighted by Gasteiger charge is 2.45. The van der Waals surface area contributed by atoms with Gasteiger partial charge in [-0.3, -0.25) is 5.32 Å². The number of hydrogen-bond acceptors (Lipinski definition) is 3. The Hall–Kier alpha value is -2.12. The first-order valence-electron chi connectivity index (χ1n) is 7.52. The third-order valence-corrected chi connectivity index (χ3v) is 4.13. The second-order valence-electron chi connectivity index (χ2n) is 5.63. The highest BCUT2D eigenvalue weighted by molar-refractivity contribution is 5.55. The van der Waals surface area contributed by atoms with E-state index in [-0.39, 0.29) is 0 Å². The Balaban J connectivity index is 1.91. The molecule has 0 saturated heterocycles. The molecule has 1 N–H and O–H groups in total. The van der Waals surface area contributed by atoms with Gasteiger partial charge in [-0.2, -0.15) is 5.26 Å². The molecule has 0 bridgehead atoms. The van der Waals surface area contributed by atoms with Crippen LogP contribution in [-0.2, 0) is 6.54 Å². The Morgan fingerprint density at radius 2 is 2.14 bits per heavy atom. The lowest BCUT2D eigenvalue weighted by molar-refractivity contribution is 0.325.